The minimum Gasteiger partial charge on any atom is -0.480 e. The minimum absolute atomic E-state index is 0.0291. The van der Waals surface area contributed by atoms with Crippen LogP contribution in [0.1, 0.15) is 37.0 Å². The topological polar surface area (TPSA) is 75.6 Å². The molecule has 1 atom stereocenters. The monoisotopic (exact) mass is 343 g/mol. The van der Waals surface area contributed by atoms with Crippen molar-refractivity contribution in [2.75, 3.05) is 6.54 Å². The Hall–Kier alpha value is -1.56. The summed E-state index contributed by atoms with van der Waals surface area (Å²) >= 11 is 3.25. The molecule has 0 bridgehead atoms. The summed E-state index contributed by atoms with van der Waals surface area (Å²) in [5.74, 6) is -1.18. The average molecular weight is 344 g/mol. The molecule has 1 aromatic rings. The molecule has 1 unspecified atom stereocenters. The van der Waals surface area contributed by atoms with E-state index in [1.165, 1.54) is 6.07 Å². The Bertz CT molecular complexity index is 490. The number of ether oxygens (including phenoxy) is 1. The third kappa shape index (κ3) is 4.85. The summed E-state index contributed by atoms with van der Waals surface area (Å²) < 4.78 is 6.15. The highest BCUT2D eigenvalue weighted by Crippen LogP contribution is 2.24. The average Bonchev–Trinajstić information content (AvgIpc) is 2.38. The molecule has 110 valence electrons. The van der Waals surface area contributed by atoms with E-state index >= 15 is 0 Å². The van der Waals surface area contributed by atoms with Crippen LogP contribution in [-0.2, 0) is 4.79 Å². The molecule has 0 aliphatic heterocycles. The molecular weight excluding hydrogens is 326 g/mol. The van der Waals surface area contributed by atoms with Crippen LogP contribution in [0.3, 0.4) is 0 Å². The predicted octanol–water partition coefficient (Wildman–Crippen LogP) is 2.83. The minimum atomic E-state index is -1.09. The van der Waals surface area contributed by atoms with Gasteiger partial charge in [-0.1, -0.05) is 29.3 Å². The number of unbranched alkanes of at least 4 members (excludes halogenated alkanes) is 1. The van der Waals surface area contributed by atoms with Crippen molar-refractivity contribution in [2.45, 2.75) is 32.8 Å². The lowest BCUT2D eigenvalue weighted by molar-refractivity contribution is -0.127. The van der Waals surface area contributed by atoms with Gasteiger partial charge in [-0.15, -0.1) is 0 Å². The number of carbonyl (C=O) groups is 2. The fraction of sp³-hybridized carbons (Fsp3) is 0.429. The molecule has 0 heterocycles. The van der Waals surface area contributed by atoms with E-state index in [1.54, 1.807) is 19.1 Å². The number of nitrogens with one attached hydrogen (secondary N) is 1. The molecule has 1 rings (SSSR count). The first kappa shape index (κ1) is 16.5. The standard InChI is InChI=1S/C14H18BrNO4/c1-3-4-7-16-13(17)9(2)20-12-8-10(15)5-6-11(12)14(18)19/h5-6,8-9H,3-4,7H2,1-2H3,(H,16,17)(H,18,19). The maximum absolute atomic E-state index is 11.8. The fourth-order valence-corrected chi connectivity index (χ4v) is 1.89. The zero-order valence-electron chi connectivity index (χ0n) is 11.5. The molecule has 5 nitrogen and oxygen atoms in total. The van der Waals surface area contributed by atoms with E-state index in [4.69, 9.17) is 9.84 Å². The van der Waals surface area contributed by atoms with E-state index in [9.17, 15) is 9.59 Å². The number of hydrogen-bond donors (Lipinski definition) is 2. The number of carboxylic acid groups (broad SMARTS) is 1. The molecular formula is C14H18BrNO4. The molecule has 0 aliphatic rings. The number of benzene rings is 1. The smallest absolute Gasteiger partial charge is 0.339 e. The summed E-state index contributed by atoms with van der Waals surface area (Å²) in [4.78, 5) is 22.9. The Morgan fingerprint density at radius 1 is 1.45 bits per heavy atom. The van der Waals surface area contributed by atoms with Crippen molar-refractivity contribution in [1.29, 1.82) is 0 Å². The summed E-state index contributed by atoms with van der Waals surface area (Å²) in [6, 6.07) is 4.59. The van der Waals surface area contributed by atoms with Gasteiger partial charge in [-0.2, -0.15) is 0 Å². The van der Waals surface area contributed by atoms with Gasteiger partial charge in [0.15, 0.2) is 6.10 Å². The van der Waals surface area contributed by atoms with Crippen LogP contribution in [-0.4, -0.2) is 29.6 Å². The Morgan fingerprint density at radius 3 is 2.75 bits per heavy atom. The molecule has 0 fully saturated rings. The summed E-state index contributed by atoms with van der Waals surface area (Å²) in [5.41, 5.74) is 0.0291. The lowest BCUT2D eigenvalue weighted by Crippen LogP contribution is -2.37. The highest BCUT2D eigenvalue weighted by Gasteiger charge is 2.18. The van der Waals surface area contributed by atoms with Gasteiger partial charge in [0.05, 0.1) is 0 Å². The van der Waals surface area contributed by atoms with Crippen LogP contribution in [0.4, 0.5) is 0 Å². The summed E-state index contributed by atoms with van der Waals surface area (Å²) in [6.07, 6.45) is 1.14. The number of carbonyl (C=O) groups excluding carboxylic acids is 1. The largest absolute Gasteiger partial charge is 0.480 e. The van der Waals surface area contributed by atoms with Crippen molar-refractivity contribution in [3.05, 3.63) is 28.2 Å². The first-order chi connectivity index (χ1) is 9.45. The third-order valence-corrected chi connectivity index (χ3v) is 3.17. The lowest BCUT2D eigenvalue weighted by atomic mass is 10.2. The Morgan fingerprint density at radius 2 is 2.15 bits per heavy atom. The first-order valence-corrected chi connectivity index (χ1v) is 7.22. The molecule has 0 spiro atoms. The van der Waals surface area contributed by atoms with Crippen LogP contribution < -0.4 is 10.1 Å². The maximum atomic E-state index is 11.8. The second kappa shape index (κ2) is 7.89. The number of carboxylic acids is 1. The molecule has 1 aromatic carbocycles. The van der Waals surface area contributed by atoms with Crippen molar-refractivity contribution in [3.8, 4) is 5.75 Å². The highest BCUT2D eigenvalue weighted by atomic mass is 79.9. The number of amides is 1. The number of rotatable bonds is 7. The number of aromatic carboxylic acids is 1. The zero-order valence-corrected chi connectivity index (χ0v) is 13.1. The van der Waals surface area contributed by atoms with Crippen LogP contribution >= 0.6 is 15.9 Å². The van der Waals surface area contributed by atoms with Crippen molar-refractivity contribution in [2.24, 2.45) is 0 Å². The zero-order chi connectivity index (χ0) is 15.1. The van der Waals surface area contributed by atoms with Gasteiger partial charge < -0.3 is 15.2 Å². The molecule has 1 amide bonds. The Labute approximate surface area is 126 Å². The van der Waals surface area contributed by atoms with Crippen LogP contribution in [0, 0.1) is 0 Å². The summed E-state index contributed by atoms with van der Waals surface area (Å²) in [6.45, 7) is 4.22. The summed E-state index contributed by atoms with van der Waals surface area (Å²) in [7, 11) is 0. The van der Waals surface area contributed by atoms with E-state index in [2.05, 4.69) is 21.2 Å². The predicted molar refractivity (Wildman–Crippen MR) is 79.1 cm³/mol. The second-order valence-corrected chi connectivity index (χ2v) is 5.27. The fourth-order valence-electron chi connectivity index (χ4n) is 1.55. The highest BCUT2D eigenvalue weighted by molar-refractivity contribution is 9.10. The van der Waals surface area contributed by atoms with E-state index in [0.29, 0.717) is 11.0 Å². The van der Waals surface area contributed by atoms with E-state index in [1.807, 2.05) is 6.92 Å². The molecule has 0 radical (unpaired) electrons. The number of hydrogen-bond acceptors (Lipinski definition) is 3. The second-order valence-electron chi connectivity index (χ2n) is 4.35. The maximum Gasteiger partial charge on any atom is 0.339 e. The van der Waals surface area contributed by atoms with Crippen LogP contribution in [0.2, 0.25) is 0 Å². The van der Waals surface area contributed by atoms with Crippen molar-refractivity contribution >= 4 is 27.8 Å². The lowest BCUT2D eigenvalue weighted by Gasteiger charge is -2.16. The van der Waals surface area contributed by atoms with Crippen LogP contribution in [0.25, 0.3) is 0 Å². The molecule has 0 saturated carbocycles. The Kier molecular flexibility index (Phi) is 6.51. The SMILES string of the molecule is CCCCNC(=O)C(C)Oc1cc(Br)ccc1C(=O)O. The molecule has 6 heteroatoms. The molecule has 0 saturated heterocycles. The van der Waals surface area contributed by atoms with E-state index < -0.39 is 12.1 Å². The number of halogens is 1. The summed E-state index contributed by atoms with van der Waals surface area (Å²) in [5, 5.41) is 11.8. The van der Waals surface area contributed by atoms with Gasteiger partial charge >= 0.3 is 5.97 Å². The quantitative estimate of drug-likeness (QED) is 0.746. The molecule has 2 N–H and O–H groups in total. The van der Waals surface area contributed by atoms with Gasteiger partial charge in [0, 0.05) is 11.0 Å². The molecule has 0 aromatic heterocycles. The molecule has 20 heavy (non-hydrogen) atoms. The van der Waals surface area contributed by atoms with E-state index in [0.717, 1.165) is 12.8 Å². The van der Waals surface area contributed by atoms with Crippen molar-refractivity contribution in [3.63, 3.8) is 0 Å². The Balaban J connectivity index is 2.74. The third-order valence-electron chi connectivity index (χ3n) is 2.68. The van der Waals surface area contributed by atoms with Crippen LogP contribution in [0.15, 0.2) is 22.7 Å². The molecule has 0 aliphatic carbocycles. The van der Waals surface area contributed by atoms with Gasteiger partial charge in [-0.3, -0.25) is 4.79 Å². The van der Waals surface area contributed by atoms with Gasteiger partial charge in [0.25, 0.3) is 5.91 Å². The van der Waals surface area contributed by atoms with Gasteiger partial charge in [0.2, 0.25) is 0 Å². The van der Waals surface area contributed by atoms with Crippen molar-refractivity contribution in [1.82, 2.24) is 5.32 Å². The van der Waals surface area contributed by atoms with Gasteiger partial charge in [0.1, 0.15) is 11.3 Å². The van der Waals surface area contributed by atoms with Gasteiger partial charge in [-0.05, 0) is 31.5 Å². The van der Waals surface area contributed by atoms with Crippen molar-refractivity contribution < 1.29 is 19.4 Å². The first-order valence-electron chi connectivity index (χ1n) is 6.43. The van der Waals surface area contributed by atoms with E-state index in [-0.39, 0.29) is 17.2 Å². The van der Waals surface area contributed by atoms with Crippen LogP contribution in [0.5, 0.6) is 5.75 Å². The van der Waals surface area contributed by atoms with Gasteiger partial charge in [-0.25, -0.2) is 4.79 Å². The normalized spacial score (nSPS) is 11.8.